The quantitative estimate of drug-likeness (QED) is 0.826. The Morgan fingerprint density at radius 2 is 2.06 bits per heavy atom. The van der Waals surface area contributed by atoms with Gasteiger partial charge in [0.2, 0.25) is 0 Å². The van der Waals surface area contributed by atoms with E-state index in [-0.39, 0.29) is 12.1 Å². The molecular formula is C14H22N2O. The Morgan fingerprint density at radius 3 is 2.71 bits per heavy atom. The second kappa shape index (κ2) is 6.28. The maximum atomic E-state index is 11.6. The van der Waals surface area contributed by atoms with Gasteiger partial charge in [0.05, 0.1) is 6.04 Å². The lowest BCUT2D eigenvalue weighted by molar-refractivity contribution is 0.238. The molecule has 1 rings (SSSR count). The minimum absolute atomic E-state index is 0.0340. The van der Waals surface area contributed by atoms with E-state index in [4.69, 9.17) is 0 Å². The lowest BCUT2D eigenvalue weighted by Crippen LogP contribution is -2.37. The molecule has 94 valence electrons. The lowest BCUT2D eigenvalue weighted by atomic mass is 10.0. The molecule has 1 aromatic carbocycles. The van der Waals surface area contributed by atoms with Gasteiger partial charge in [-0.1, -0.05) is 30.7 Å². The molecule has 2 amide bonds. The maximum absolute atomic E-state index is 11.6. The topological polar surface area (TPSA) is 41.1 Å². The molecule has 1 atom stereocenters. The van der Waals surface area contributed by atoms with E-state index in [1.165, 1.54) is 16.7 Å². The molecule has 0 radical (unpaired) electrons. The molecular weight excluding hydrogens is 212 g/mol. The van der Waals surface area contributed by atoms with Crippen LogP contribution in [0.25, 0.3) is 0 Å². The van der Waals surface area contributed by atoms with Gasteiger partial charge >= 0.3 is 6.03 Å². The average Bonchev–Trinajstić information content (AvgIpc) is 2.29. The summed E-state index contributed by atoms with van der Waals surface area (Å²) in [6, 6.07) is 6.24. The van der Waals surface area contributed by atoms with Crippen LogP contribution in [0.2, 0.25) is 0 Å². The van der Waals surface area contributed by atoms with Crippen LogP contribution in [0, 0.1) is 13.8 Å². The first kappa shape index (κ1) is 13.6. The van der Waals surface area contributed by atoms with Gasteiger partial charge in [0.25, 0.3) is 0 Å². The van der Waals surface area contributed by atoms with Crippen LogP contribution >= 0.6 is 0 Å². The largest absolute Gasteiger partial charge is 0.338 e. The Hall–Kier alpha value is -1.51. The van der Waals surface area contributed by atoms with Crippen LogP contribution in [0.3, 0.4) is 0 Å². The Balaban J connectivity index is 2.66. The van der Waals surface area contributed by atoms with Crippen molar-refractivity contribution in [2.75, 3.05) is 6.54 Å². The van der Waals surface area contributed by atoms with Gasteiger partial charge in [0.15, 0.2) is 0 Å². The number of carbonyl (C=O) groups excluding carboxylic acids is 1. The van der Waals surface area contributed by atoms with E-state index in [2.05, 4.69) is 42.7 Å². The third-order valence-electron chi connectivity index (χ3n) is 2.78. The van der Waals surface area contributed by atoms with Crippen molar-refractivity contribution in [3.05, 3.63) is 34.9 Å². The van der Waals surface area contributed by atoms with Crippen molar-refractivity contribution in [1.29, 1.82) is 0 Å². The predicted molar refractivity (Wildman–Crippen MR) is 71.2 cm³/mol. The van der Waals surface area contributed by atoms with Crippen molar-refractivity contribution in [3.8, 4) is 0 Å². The third-order valence-corrected chi connectivity index (χ3v) is 2.78. The SMILES string of the molecule is CCCNC(=O)NC(C)c1cc(C)ccc1C. The van der Waals surface area contributed by atoms with E-state index in [0.29, 0.717) is 6.54 Å². The molecule has 0 aliphatic carbocycles. The number of rotatable bonds is 4. The summed E-state index contributed by atoms with van der Waals surface area (Å²) in [7, 11) is 0. The molecule has 0 aliphatic rings. The molecule has 0 saturated heterocycles. The smallest absolute Gasteiger partial charge is 0.315 e. The summed E-state index contributed by atoms with van der Waals surface area (Å²) in [6.45, 7) is 8.89. The molecule has 1 unspecified atom stereocenters. The summed E-state index contributed by atoms with van der Waals surface area (Å²) in [5, 5.41) is 5.77. The van der Waals surface area contributed by atoms with E-state index in [0.717, 1.165) is 6.42 Å². The van der Waals surface area contributed by atoms with E-state index in [9.17, 15) is 4.79 Å². The molecule has 3 heteroatoms. The maximum Gasteiger partial charge on any atom is 0.315 e. The Kier molecular flexibility index (Phi) is 5.01. The highest BCUT2D eigenvalue weighted by molar-refractivity contribution is 5.74. The first-order valence-electron chi connectivity index (χ1n) is 6.16. The standard InChI is InChI=1S/C14H22N2O/c1-5-8-15-14(17)16-12(4)13-9-10(2)6-7-11(13)3/h6-7,9,12H,5,8H2,1-4H3,(H2,15,16,17). The number of benzene rings is 1. The zero-order valence-electron chi connectivity index (χ0n) is 11.1. The fourth-order valence-electron chi connectivity index (χ4n) is 1.79. The molecule has 0 fully saturated rings. The highest BCUT2D eigenvalue weighted by atomic mass is 16.2. The molecule has 2 N–H and O–H groups in total. The molecule has 0 bridgehead atoms. The van der Waals surface area contributed by atoms with Crippen molar-refractivity contribution in [2.45, 2.75) is 40.2 Å². The van der Waals surface area contributed by atoms with Crippen LogP contribution in [-0.4, -0.2) is 12.6 Å². The van der Waals surface area contributed by atoms with E-state index < -0.39 is 0 Å². The van der Waals surface area contributed by atoms with Gasteiger partial charge in [0.1, 0.15) is 0 Å². The molecule has 3 nitrogen and oxygen atoms in total. The van der Waals surface area contributed by atoms with Crippen molar-refractivity contribution < 1.29 is 4.79 Å². The second-order valence-corrected chi connectivity index (χ2v) is 4.48. The summed E-state index contributed by atoms with van der Waals surface area (Å²) in [5.41, 5.74) is 3.60. The van der Waals surface area contributed by atoms with Crippen molar-refractivity contribution in [2.24, 2.45) is 0 Å². The van der Waals surface area contributed by atoms with Gasteiger partial charge in [0, 0.05) is 6.54 Å². The summed E-state index contributed by atoms with van der Waals surface area (Å²) in [6.07, 6.45) is 0.950. The fourth-order valence-corrected chi connectivity index (χ4v) is 1.79. The average molecular weight is 234 g/mol. The lowest BCUT2D eigenvalue weighted by Gasteiger charge is -2.17. The number of hydrogen-bond donors (Lipinski definition) is 2. The minimum atomic E-state index is -0.0970. The number of aryl methyl sites for hydroxylation is 2. The first-order chi connectivity index (χ1) is 8.04. The van der Waals surface area contributed by atoms with Crippen LogP contribution < -0.4 is 10.6 Å². The zero-order valence-corrected chi connectivity index (χ0v) is 11.1. The van der Waals surface area contributed by atoms with Gasteiger partial charge < -0.3 is 10.6 Å². The molecule has 0 spiro atoms. The molecule has 0 saturated carbocycles. The first-order valence-corrected chi connectivity index (χ1v) is 6.16. The highest BCUT2D eigenvalue weighted by Crippen LogP contribution is 2.18. The van der Waals surface area contributed by atoms with Crippen LogP contribution in [0.1, 0.15) is 43.0 Å². The van der Waals surface area contributed by atoms with E-state index >= 15 is 0 Å². The third kappa shape index (κ3) is 4.10. The normalized spacial score (nSPS) is 12.0. The molecule has 0 aliphatic heterocycles. The molecule has 17 heavy (non-hydrogen) atoms. The van der Waals surface area contributed by atoms with Crippen LogP contribution in [0.4, 0.5) is 4.79 Å². The minimum Gasteiger partial charge on any atom is -0.338 e. The van der Waals surface area contributed by atoms with Gasteiger partial charge in [-0.05, 0) is 38.3 Å². The zero-order chi connectivity index (χ0) is 12.8. The summed E-state index contributed by atoms with van der Waals surface area (Å²) in [5.74, 6) is 0. The van der Waals surface area contributed by atoms with Crippen molar-refractivity contribution in [1.82, 2.24) is 10.6 Å². The number of hydrogen-bond acceptors (Lipinski definition) is 1. The van der Waals surface area contributed by atoms with Crippen LogP contribution in [0.5, 0.6) is 0 Å². The molecule has 1 aromatic rings. The molecule has 0 aromatic heterocycles. The van der Waals surface area contributed by atoms with Gasteiger partial charge in [-0.3, -0.25) is 0 Å². The highest BCUT2D eigenvalue weighted by Gasteiger charge is 2.11. The second-order valence-electron chi connectivity index (χ2n) is 4.48. The van der Waals surface area contributed by atoms with Crippen molar-refractivity contribution in [3.63, 3.8) is 0 Å². The molecule has 0 heterocycles. The summed E-state index contributed by atoms with van der Waals surface area (Å²) < 4.78 is 0. The summed E-state index contributed by atoms with van der Waals surface area (Å²) in [4.78, 5) is 11.6. The van der Waals surface area contributed by atoms with E-state index in [1.54, 1.807) is 0 Å². The Morgan fingerprint density at radius 1 is 1.35 bits per heavy atom. The van der Waals surface area contributed by atoms with Gasteiger partial charge in [-0.25, -0.2) is 4.79 Å². The number of urea groups is 1. The predicted octanol–water partition coefficient (Wildman–Crippen LogP) is 3.07. The number of nitrogens with one attached hydrogen (secondary N) is 2. The van der Waals surface area contributed by atoms with Gasteiger partial charge in [-0.15, -0.1) is 0 Å². The van der Waals surface area contributed by atoms with Gasteiger partial charge in [-0.2, -0.15) is 0 Å². The van der Waals surface area contributed by atoms with Crippen LogP contribution in [0.15, 0.2) is 18.2 Å². The number of carbonyl (C=O) groups is 1. The van der Waals surface area contributed by atoms with Crippen molar-refractivity contribution >= 4 is 6.03 Å². The summed E-state index contributed by atoms with van der Waals surface area (Å²) >= 11 is 0. The van der Waals surface area contributed by atoms with Crippen LogP contribution in [-0.2, 0) is 0 Å². The Bertz CT molecular complexity index is 388. The van der Waals surface area contributed by atoms with E-state index in [1.807, 2.05) is 13.8 Å². The fraction of sp³-hybridized carbons (Fsp3) is 0.500. The monoisotopic (exact) mass is 234 g/mol. The number of amides is 2. The Labute approximate surface area is 104 Å².